The standard InChI is InChI=1S/C17H22N2O4S2/c1-12-5-3-4-6-16(12)24-9-17(21)19-8-7-18(13(2)20)14-10-25(22,23)11-15(14)19/h3-6,14-15H,7-11H2,1-2H3/t14-,15+/m1/s1. The van der Waals surface area contributed by atoms with Crippen LogP contribution in [-0.4, -0.2) is 72.5 Å². The zero-order chi connectivity index (χ0) is 18.2. The quantitative estimate of drug-likeness (QED) is 0.728. The number of carbonyl (C=O) groups is 2. The van der Waals surface area contributed by atoms with Crippen molar-refractivity contribution in [2.45, 2.75) is 30.8 Å². The van der Waals surface area contributed by atoms with Crippen molar-refractivity contribution in [3.05, 3.63) is 29.8 Å². The number of aryl methyl sites for hydroxylation is 1. The second kappa shape index (κ2) is 6.99. The number of hydrogen-bond acceptors (Lipinski definition) is 5. The van der Waals surface area contributed by atoms with E-state index in [4.69, 9.17) is 0 Å². The molecule has 2 aliphatic heterocycles. The predicted molar refractivity (Wildman–Crippen MR) is 97.2 cm³/mol. The van der Waals surface area contributed by atoms with E-state index in [1.165, 1.54) is 18.7 Å². The van der Waals surface area contributed by atoms with Gasteiger partial charge in [0.05, 0.1) is 29.3 Å². The number of thioether (sulfide) groups is 1. The third-order valence-corrected chi connectivity index (χ3v) is 7.70. The molecule has 0 spiro atoms. The summed E-state index contributed by atoms with van der Waals surface area (Å²) in [6.45, 7) is 4.24. The number of rotatable bonds is 3. The Morgan fingerprint density at radius 2 is 1.72 bits per heavy atom. The number of hydrogen-bond donors (Lipinski definition) is 0. The lowest BCUT2D eigenvalue weighted by Crippen LogP contribution is -2.61. The Balaban J connectivity index is 1.72. The zero-order valence-electron chi connectivity index (χ0n) is 14.3. The van der Waals surface area contributed by atoms with Crippen LogP contribution in [0.5, 0.6) is 0 Å². The monoisotopic (exact) mass is 382 g/mol. The summed E-state index contributed by atoms with van der Waals surface area (Å²) < 4.78 is 24.2. The van der Waals surface area contributed by atoms with Crippen LogP contribution >= 0.6 is 11.8 Å². The van der Waals surface area contributed by atoms with Gasteiger partial charge in [-0.1, -0.05) is 18.2 Å². The van der Waals surface area contributed by atoms with Gasteiger partial charge in [-0.25, -0.2) is 8.42 Å². The van der Waals surface area contributed by atoms with Gasteiger partial charge in [0, 0.05) is 24.9 Å². The number of fused-ring (bicyclic) bond motifs is 1. The maximum Gasteiger partial charge on any atom is 0.233 e. The molecule has 2 aliphatic rings. The predicted octanol–water partition coefficient (Wildman–Crippen LogP) is 0.943. The molecule has 0 saturated carbocycles. The molecule has 0 N–H and O–H groups in total. The SMILES string of the molecule is CC(=O)N1CCN(C(=O)CSc2ccccc2C)[C@H]2CS(=O)(=O)C[C@H]21. The lowest BCUT2D eigenvalue weighted by atomic mass is 10.0. The van der Waals surface area contributed by atoms with E-state index in [1.54, 1.807) is 9.80 Å². The molecule has 8 heteroatoms. The van der Waals surface area contributed by atoms with Crippen molar-refractivity contribution in [3.63, 3.8) is 0 Å². The van der Waals surface area contributed by atoms with Gasteiger partial charge in [0.1, 0.15) is 0 Å². The van der Waals surface area contributed by atoms with Gasteiger partial charge in [-0.3, -0.25) is 9.59 Å². The minimum absolute atomic E-state index is 0.0496. The van der Waals surface area contributed by atoms with Crippen molar-refractivity contribution < 1.29 is 18.0 Å². The Kier molecular flexibility index (Phi) is 5.11. The lowest BCUT2D eigenvalue weighted by Gasteiger charge is -2.43. The molecule has 136 valence electrons. The highest BCUT2D eigenvalue weighted by atomic mass is 32.2. The van der Waals surface area contributed by atoms with Crippen LogP contribution in [0.25, 0.3) is 0 Å². The first-order chi connectivity index (χ1) is 11.8. The molecular weight excluding hydrogens is 360 g/mol. The summed E-state index contributed by atoms with van der Waals surface area (Å²) in [5.41, 5.74) is 1.11. The highest BCUT2D eigenvalue weighted by Gasteiger charge is 2.48. The molecule has 1 aromatic rings. The van der Waals surface area contributed by atoms with Crippen LogP contribution in [0, 0.1) is 6.92 Å². The molecule has 0 bridgehead atoms. The molecule has 0 unspecified atom stereocenters. The highest BCUT2D eigenvalue weighted by Crippen LogP contribution is 2.29. The molecule has 3 rings (SSSR count). The molecule has 2 amide bonds. The summed E-state index contributed by atoms with van der Waals surface area (Å²) in [7, 11) is -3.23. The molecule has 6 nitrogen and oxygen atoms in total. The van der Waals surface area contributed by atoms with Gasteiger partial charge in [0.2, 0.25) is 11.8 Å². The Morgan fingerprint density at radius 1 is 1.12 bits per heavy atom. The molecule has 2 fully saturated rings. The van der Waals surface area contributed by atoms with Gasteiger partial charge >= 0.3 is 0 Å². The van der Waals surface area contributed by atoms with Crippen molar-refractivity contribution >= 4 is 33.4 Å². The molecule has 1 aromatic carbocycles. The second-order valence-electron chi connectivity index (χ2n) is 6.57. The van der Waals surface area contributed by atoms with Crippen molar-refractivity contribution in [2.24, 2.45) is 0 Å². The van der Waals surface area contributed by atoms with Gasteiger partial charge in [0.15, 0.2) is 9.84 Å². The maximum atomic E-state index is 12.7. The summed E-state index contributed by atoms with van der Waals surface area (Å²) in [6, 6.07) is 7.03. The van der Waals surface area contributed by atoms with Crippen molar-refractivity contribution in [1.82, 2.24) is 9.80 Å². The number of sulfone groups is 1. The fourth-order valence-corrected chi connectivity index (χ4v) is 6.49. The first kappa shape index (κ1) is 18.3. The van der Waals surface area contributed by atoms with Crippen LogP contribution < -0.4 is 0 Å². The van der Waals surface area contributed by atoms with Crippen LogP contribution in [-0.2, 0) is 19.4 Å². The van der Waals surface area contributed by atoms with Gasteiger partial charge in [-0.05, 0) is 18.6 Å². The minimum atomic E-state index is -3.23. The summed E-state index contributed by atoms with van der Waals surface area (Å²) in [6.07, 6.45) is 0. The van der Waals surface area contributed by atoms with E-state index >= 15 is 0 Å². The Morgan fingerprint density at radius 3 is 2.36 bits per heavy atom. The number of piperazine rings is 1. The lowest BCUT2D eigenvalue weighted by molar-refractivity contribution is -0.142. The number of amides is 2. The van der Waals surface area contributed by atoms with E-state index < -0.39 is 21.9 Å². The van der Waals surface area contributed by atoms with Crippen LogP contribution in [0.15, 0.2) is 29.2 Å². The first-order valence-corrected chi connectivity index (χ1v) is 11.0. The maximum absolute atomic E-state index is 12.7. The molecular formula is C17H22N2O4S2. The minimum Gasteiger partial charge on any atom is -0.335 e. The zero-order valence-corrected chi connectivity index (χ0v) is 16.0. The molecule has 2 heterocycles. The molecule has 0 radical (unpaired) electrons. The average Bonchev–Trinajstić information content (AvgIpc) is 2.87. The fourth-order valence-electron chi connectivity index (χ4n) is 3.59. The van der Waals surface area contributed by atoms with Gasteiger partial charge < -0.3 is 9.80 Å². The highest BCUT2D eigenvalue weighted by molar-refractivity contribution is 8.00. The summed E-state index contributed by atoms with van der Waals surface area (Å²) in [4.78, 5) is 28.8. The van der Waals surface area contributed by atoms with E-state index in [0.717, 1.165) is 10.5 Å². The third kappa shape index (κ3) is 3.84. The van der Waals surface area contributed by atoms with Crippen LogP contribution in [0.3, 0.4) is 0 Å². The van der Waals surface area contributed by atoms with Gasteiger partial charge in [-0.2, -0.15) is 0 Å². The molecule has 25 heavy (non-hydrogen) atoms. The number of benzene rings is 1. The van der Waals surface area contributed by atoms with Crippen molar-refractivity contribution in [3.8, 4) is 0 Å². The molecule has 2 saturated heterocycles. The average molecular weight is 383 g/mol. The van der Waals surface area contributed by atoms with Crippen molar-refractivity contribution in [1.29, 1.82) is 0 Å². The Hall–Kier alpha value is -1.54. The molecule has 2 atom stereocenters. The van der Waals surface area contributed by atoms with E-state index in [0.29, 0.717) is 13.1 Å². The van der Waals surface area contributed by atoms with Gasteiger partial charge in [-0.15, -0.1) is 11.8 Å². The summed E-state index contributed by atoms with van der Waals surface area (Å²) >= 11 is 1.47. The summed E-state index contributed by atoms with van der Waals surface area (Å²) in [5.74, 6) is -0.0282. The van der Waals surface area contributed by atoms with Gasteiger partial charge in [0.25, 0.3) is 0 Å². The van der Waals surface area contributed by atoms with Crippen molar-refractivity contribution in [2.75, 3.05) is 30.3 Å². The van der Waals surface area contributed by atoms with Crippen LogP contribution in [0.2, 0.25) is 0 Å². The smallest absolute Gasteiger partial charge is 0.233 e. The van der Waals surface area contributed by atoms with E-state index in [9.17, 15) is 18.0 Å². The topological polar surface area (TPSA) is 74.8 Å². The van der Waals surface area contributed by atoms with E-state index in [1.807, 2.05) is 31.2 Å². The molecule has 0 aliphatic carbocycles. The normalized spacial score (nSPS) is 24.9. The third-order valence-electron chi connectivity index (χ3n) is 4.85. The first-order valence-electron chi connectivity index (χ1n) is 8.24. The second-order valence-corrected chi connectivity index (χ2v) is 9.74. The largest absolute Gasteiger partial charge is 0.335 e. The number of carbonyl (C=O) groups excluding carboxylic acids is 2. The molecule has 0 aromatic heterocycles. The van der Waals surface area contributed by atoms with Crippen LogP contribution in [0.4, 0.5) is 0 Å². The van der Waals surface area contributed by atoms with E-state index in [2.05, 4.69) is 0 Å². The van der Waals surface area contributed by atoms with E-state index in [-0.39, 0.29) is 29.1 Å². The Bertz CT molecular complexity index is 794. The summed E-state index contributed by atoms with van der Waals surface area (Å²) in [5, 5.41) is 0. The Labute approximate surface area is 152 Å². The van der Waals surface area contributed by atoms with Crippen LogP contribution in [0.1, 0.15) is 12.5 Å². The number of nitrogens with zero attached hydrogens (tertiary/aromatic N) is 2. The fraction of sp³-hybridized carbons (Fsp3) is 0.529.